The smallest absolute Gasteiger partial charge is 0.306 e. The highest BCUT2D eigenvalue weighted by Gasteiger charge is 2.22. The molecular formula is C8H16N2O4. The van der Waals surface area contributed by atoms with Crippen molar-refractivity contribution in [2.45, 2.75) is 37.8 Å². The van der Waals surface area contributed by atoms with E-state index in [1.165, 1.54) is 0 Å². The van der Waals surface area contributed by atoms with Gasteiger partial charge in [-0.25, -0.2) is 0 Å². The van der Waals surface area contributed by atoms with Gasteiger partial charge in [-0.05, 0) is 19.3 Å². The van der Waals surface area contributed by atoms with Crippen molar-refractivity contribution in [1.82, 2.24) is 0 Å². The van der Waals surface area contributed by atoms with Crippen molar-refractivity contribution in [3.63, 3.8) is 0 Å². The monoisotopic (exact) mass is 204 g/mol. The summed E-state index contributed by atoms with van der Waals surface area (Å²) in [6, 6.07) is 0. The van der Waals surface area contributed by atoms with Gasteiger partial charge in [-0.3, -0.25) is 9.59 Å². The molecule has 6 N–H and O–H groups in total. The molecule has 0 aromatic heterocycles. The molecule has 0 atom stereocenters. The summed E-state index contributed by atoms with van der Waals surface area (Å²) in [5.74, 6) is -1.92. The van der Waals surface area contributed by atoms with Crippen LogP contribution in [0.1, 0.15) is 32.1 Å². The van der Waals surface area contributed by atoms with Crippen molar-refractivity contribution < 1.29 is 19.8 Å². The minimum atomic E-state index is -1.23. The predicted molar refractivity (Wildman–Crippen MR) is 49.5 cm³/mol. The number of rotatable bonds is 7. The number of unbranched alkanes of at least 4 members (excludes halogenated alkanes) is 1. The third-order valence-corrected chi connectivity index (χ3v) is 1.76. The largest absolute Gasteiger partial charge is 0.481 e. The van der Waals surface area contributed by atoms with Crippen molar-refractivity contribution >= 4 is 11.9 Å². The number of carboxylic acid groups (broad SMARTS) is 2. The average Bonchev–Trinajstić information content (AvgIpc) is 1.95. The van der Waals surface area contributed by atoms with Gasteiger partial charge in [0.25, 0.3) is 0 Å². The highest BCUT2D eigenvalue weighted by Crippen LogP contribution is 2.10. The summed E-state index contributed by atoms with van der Waals surface area (Å²) in [4.78, 5) is 20.4. The van der Waals surface area contributed by atoms with Crippen molar-refractivity contribution in [3.8, 4) is 0 Å². The molecular weight excluding hydrogens is 188 g/mol. The second-order valence-electron chi connectivity index (χ2n) is 3.40. The second-order valence-corrected chi connectivity index (χ2v) is 3.40. The average molecular weight is 204 g/mol. The van der Waals surface area contributed by atoms with E-state index in [1.807, 2.05) is 0 Å². The first-order chi connectivity index (χ1) is 6.33. The first kappa shape index (κ1) is 12.9. The van der Waals surface area contributed by atoms with Crippen LogP contribution in [0.15, 0.2) is 0 Å². The van der Waals surface area contributed by atoms with Crippen molar-refractivity contribution in [3.05, 3.63) is 0 Å². The van der Waals surface area contributed by atoms with Crippen LogP contribution in [-0.2, 0) is 9.59 Å². The predicted octanol–water partition coefficient (Wildman–Crippen LogP) is -0.280. The Kier molecular flexibility index (Phi) is 5.11. The lowest BCUT2D eigenvalue weighted by Crippen LogP contribution is -2.50. The number of hydrogen-bond acceptors (Lipinski definition) is 4. The molecule has 0 spiro atoms. The van der Waals surface area contributed by atoms with Crippen LogP contribution in [0.3, 0.4) is 0 Å². The molecule has 0 unspecified atom stereocenters. The van der Waals surface area contributed by atoms with Crippen LogP contribution in [0.25, 0.3) is 0 Å². The number of carboxylic acids is 2. The molecule has 0 aliphatic carbocycles. The number of nitrogens with two attached hydrogens (primary N) is 2. The molecule has 0 heterocycles. The molecule has 0 bridgehead atoms. The SMILES string of the molecule is NC(N)(CCCCC(=O)O)CC(=O)O. The van der Waals surface area contributed by atoms with E-state index >= 15 is 0 Å². The lowest BCUT2D eigenvalue weighted by atomic mass is 10.00. The van der Waals surface area contributed by atoms with E-state index in [0.29, 0.717) is 19.3 Å². The highest BCUT2D eigenvalue weighted by molar-refractivity contribution is 5.68. The molecule has 0 saturated carbocycles. The van der Waals surface area contributed by atoms with Gasteiger partial charge in [-0.15, -0.1) is 0 Å². The first-order valence-corrected chi connectivity index (χ1v) is 4.35. The van der Waals surface area contributed by atoms with Crippen LogP contribution in [0.5, 0.6) is 0 Å². The normalized spacial score (nSPS) is 11.3. The van der Waals surface area contributed by atoms with Gasteiger partial charge in [-0.2, -0.15) is 0 Å². The van der Waals surface area contributed by atoms with E-state index in [4.69, 9.17) is 21.7 Å². The minimum Gasteiger partial charge on any atom is -0.481 e. The summed E-state index contributed by atoms with van der Waals surface area (Å²) >= 11 is 0. The van der Waals surface area contributed by atoms with E-state index in [-0.39, 0.29) is 12.8 Å². The zero-order chi connectivity index (χ0) is 11.2. The Balaban J connectivity index is 3.65. The van der Waals surface area contributed by atoms with E-state index in [0.717, 1.165) is 0 Å². The number of aliphatic carboxylic acids is 2. The van der Waals surface area contributed by atoms with Crippen molar-refractivity contribution in [2.75, 3.05) is 0 Å². The minimum absolute atomic E-state index is 0.0587. The van der Waals surface area contributed by atoms with Gasteiger partial charge in [0, 0.05) is 6.42 Å². The molecule has 0 radical (unpaired) electrons. The Morgan fingerprint density at radius 3 is 2.07 bits per heavy atom. The van der Waals surface area contributed by atoms with Crippen molar-refractivity contribution in [2.24, 2.45) is 11.5 Å². The van der Waals surface area contributed by atoms with Crippen LogP contribution in [0.2, 0.25) is 0 Å². The maximum atomic E-state index is 10.3. The molecule has 0 fully saturated rings. The van der Waals surface area contributed by atoms with Gasteiger partial charge in [0.2, 0.25) is 0 Å². The molecule has 6 nitrogen and oxygen atoms in total. The summed E-state index contributed by atoms with van der Waals surface area (Å²) in [5.41, 5.74) is 9.74. The van der Waals surface area contributed by atoms with Crippen LogP contribution in [0.4, 0.5) is 0 Å². The lowest BCUT2D eigenvalue weighted by Gasteiger charge is -2.21. The summed E-state index contributed by atoms with van der Waals surface area (Å²) in [6.45, 7) is 0. The molecule has 0 aromatic carbocycles. The summed E-state index contributed by atoms with van der Waals surface area (Å²) in [7, 11) is 0. The highest BCUT2D eigenvalue weighted by atomic mass is 16.4. The quantitative estimate of drug-likeness (QED) is 0.333. The molecule has 82 valence electrons. The number of hydrogen-bond donors (Lipinski definition) is 4. The van der Waals surface area contributed by atoms with Crippen LogP contribution in [0, 0.1) is 0 Å². The van der Waals surface area contributed by atoms with Gasteiger partial charge >= 0.3 is 11.9 Å². The van der Waals surface area contributed by atoms with E-state index in [9.17, 15) is 9.59 Å². The Labute approximate surface area is 81.9 Å². The fraction of sp³-hybridized carbons (Fsp3) is 0.750. The second kappa shape index (κ2) is 5.56. The molecule has 0 saturated heterocycles. The maximum Gasteiger partial charge on any atom is 0.306 e. The van der Waals surface area contributed by atoms with Gasteiger partial charge in [0.1, 0.15) is 0 Å². The maximum absolute atomic E-state index is 10.3. The molecule has 0 rings (SSSR count). The van der Waals surface area contributed by atoms with Gasteiger partial charge < -0.3 is 21.7 Å². The molecule has 0 amide bonds. The van der Waals surface area contributed by atoms with Gasteiger partial charge in [0.05, 0.1) is 12.1 Å². The van der Waals surface area contributed by atoms with Crippen LogP contribution in [-0.4, -0.2) is 27.8 Å². The van der Waals surface area contributed by atoms with Crippen LogP contribution >= 0.6 is 0 Å². The molecule has 0 aliphatic heterocycles. The Morgan fingerprint density at radius 1 is 1.07 bits per heavy atom. The standard InChI is InChI=1S/C8H16N2O4/c9-8(10,5-7(13)14)4-2-1-3-6(11)12/h1-5,9-10H2,(H,11,12)(H,13,14). The van der Waals surface area contributed by atoms with Crippen molar-refractivity contribution in [1.29, 1.82) is 0 Å². The lowest BCUT2D eigenvalue weighted by molar-refractivity contribution is -0.139. The van der Waals surface area contributed by atoms with Crippen LogP contribution < -0.4 is 11.5 Å². The van der Waals surface area contributed by atoms with Gasteiger partial charge in [-0.1, -0.05) is 0 Å². The zero-order valence-corrected chi connectivity index (χ0v) is 7.90. The third-order valence-electron chi connectivity index (χ3n) is 1.76. The fourth-order valence-corrected chi connectivity index (χ4v) is 1.10. The Hall–Kier alpha value is -1.14. The zero-order valence-electron chi connectivity index (χ0n) is 7.90. The summed E-state index contributed by atoms with van der Waals surface area (Å²) in [6.07, 6.45) is 1.05. The molecule has 0 aliphatic rings. The van der Waals surface area contributed by atoms with Gasteiger partial charge in [0.15, 0.2) is 0 Å². The van der Waals surface area contributed by atoms with E-state index in [1.54, 1.807) is 0 Å². The summed E-state index contributed by atoms with van der Waals surface area (Å²) in [5, 5.41) is 16.8. The summed E-state index contributed by atoms with van der Waals surface area (Å²) < 4.78 is 0. The molecule has 6 heteroatoms. The molecule has 14 heavy (non-hydrogen) atoms. The third kappa shape index (κ3) is 7.51. The molecule has 0 aromatic rings. The fourth-order valence-electron chi connectivity index (χ4n) is 1.10. The Morgan fingerprint density at radius 2 is 1.64 bits per heavy atom. The van der Waals surface area contributed by atoms with E-state index in [2.05, 4.69) is 0 Å². The number of carbonyl (C=O) groups is 2. The first-order valence-electron chi connectivity index (χ1n) is 4.35. The van der Waals surface area contributed by atoms with E-state index < -0.39 is 17.6 Å². The Bertz CT molecular complexity index is 215. The topological polar surface area (TPSA) is 127 Å².